The molecule has 1 aromatic rings. The smallest absolute Gasteiger partial charge is 0.347 e. The van der Waals surface area contributed by atoms with Crippen molar-refractivity contribution in [1.82, 2.24) is 0 Å². The van der Waals surface area contributed by atoms with Crippen LogP contribution in [-0.2, 0) is 54.3 Å². The Labute approximate surface area is 208 Å². The van der Waals surface area contributed by atoms with Crippen molar-refractivity contribution in [2.24, 2.45) is 5.41 Å². The van der Waals surface area contributed by atoms with Gasteiger partial charge in [0.15, 0.2) is 12.2 Å². The Kier molecular flexibility index (Phi) is 12.0. The van der Waals surface area contributed by atoms with Crippen molar-refractivity contribution in [2.45, 2.75) is 65.6 Å². The molecule has 0 fully saturated rings. The molecule has 12 nitrogen and oxygen atoms in total. The zero-order chi connectivity index (χ0) is 27.5. The lowest BCUT2D eigenvalue weighted by atomic mass is 9.93. The van der Waals surface area contributed by atoms with Gasteiger partial charge in [0.2, 0.25) is 0 Å². The lowest BCUT2D eigenvalue weighted by Crippen LogP contribution is -2.43. The van der Waals surface area contributed by atoms with Gasteiger partial charge in [-0.15, -0.1) is 0 Å². The van der Waals surface area contributed by atoms with Crippen LogP contribution < -0.4 is 0 Å². The molecular weight excluding hydrogens is 480 g/mol. The predicted molar refractivity (Wildman–Crippen MR) is 121 cm³/mol. The highest BCUT2D eigenvalue weighted by Gasteiger charge is 2.40. The van der Waals surface area contributed by atoms with Crippen LogP contribution in [-0.4, -0.2) is 77.7 Å². The quantitative estimate of drug-likeness (QED) is 0.276. The number of rotatable bonds is 13. The fourth-order valence-corrected chi connectivity index (χ4v) is 2.39. The van der Waals surface area contributed by atoms with Crippen LogP contribution in [0.1, 0.15) is 40.2 Å². The molecule has 12 heteroatoms. The van der Waals surface area contributed by atoms with Crippen LogP contribution in [0, 0.1) is 5.41 Å². The molecule has 0 radical (unpaired) electrons. The van der Waals surface area contributed by atoms with Gasteiger partial charge in [0.25, 0.3) is 0 Å². The molecule has 0 spiro atoms. The third kappa shape index (κ3) is 10.0. The van der Waals surface area contributed by atoms with E-state index in [-0.39, 0.29) is 6.61 Å². The van der Waals surface area contributed by atoms with E-state index in [4.69, 9.17) is 23.7 Å². The van der Waals surface area contributed by atoms with E-state index >= 15 is 0 Å². The topological polar surface area (TPSA) is 172 Å². The Bertz CT molecular complexity index is 865. The maximum absolute atomic E-state index is 12.9. The Morgan fingerprint density at radius 1 is 0.722 bits per heavy atom. The zero-order valence-electron chi connectivity index (χ0n) is 20.8. The minimum atomic E-state index is -1.69. The van der Waals surface area contributed by atoms with Crippen molar-refractivity contribution >= 4 is 29.8 Å². The van der Waals surface area contributed by atoms with E-state index in [1.54, 1.807) is 30.3 Å². The van der Waals surface area contributed by atoms with E-state index in [1.165, 1.54) is 20.8 Å². The van der Waals surface area contributed by atoms with Crippen LogP contribution in [0.3, 0.4) is 0 Å². The lowest BCUT2D eigenvalue weighted by Gasteiger charge is -2.27. The predicted octanol–water partition coefficient (Wildman–Crippen LogP) is 0.448. The minimum absolute atomic E-state index is 0.109. The van der Waals surface area contributed by atoms with Gasteiger partial charge in [-0.2, -0.15) is 0 Å². The summed E-state index contributed by atoms with van der Waals surface area (Å²) in [6.45, 7) is 4.72. The Balaban J connectivity index is 2.88. The third-order valence-corrected chi connectivity index (χ3v) is 4.70. The molecule has 0 bridgehead atoms. The van der Waals surface area contributed by atoms with Gasteiger partial charge in [-0.05, 0) is 40.2 Å². The molecule has 1 rings (SSSR count). The summed E-state index contributed by atoms with van der Waals surface area (Å²) in [5, 5.41) is 18.4. The van der Waals surface area contributed by atoms with Gasteiger partial charge in [0.05, 0.1) is 0 Å². The molecule has 0 amide bonds. The molecule has 36 heavy (non-hydrogen) atoms. The molecule has 0 heterocycles. The van der Waals surface area contributed by atoms with Crippen LogP contribution in [0.15, 0.2) is 30.3 Å². The van der Waals surface area contributed by atoms with E-state index in [2.05, 4.69) is 0 Å². The molecule has 0 aliphatic carbocycles. The summed E-state index contributed by atoms with van der Waals surface area (Å²) in [5.74, 6) is -4.99. The van der Waals surface area contributed by atoms with Gasteiger partial charge < -0.3 is 33.9 Å². The third-order valence-electron chi connectivity index (χ3n) is 4.70. The molecule has 0 saturated carbocycles. The number of hydrogen-bond acceptors (Lipinski definition) is 12. The average Bonchev–Trinajstić information content (AvgIpc) is 2.84. The molecule has 0 aliphatic rings. The van der Waals surface area contributed by atoms with Crippen LogP contribution in [0.2, 0.25) is 0 Å². The van der Waals surface area contributed by atoms with Crippen LogP contribution in [0.25, 0.3) is 0 Å². The van der Waals surface area contributed by atoms with E-state index in [9.17, 15) is 34.2 Å². The van der Waals surface area contributed by atoms with Crippen molar-refractivity contribution in [3.63, 3.8) is 0 Å². The maximum Gasteiger partial charge on any atom is 0.347 e. The van der Waals surface area contributed by atoms with Gasteiger partial charge >= 0.3 is 29.8 Å². The molecule has 0 saturated heterocycles. The largest absolute Gasteiger partial charge is 0.462 e. The Morgan fingerprint density at radius 3 is 1.53 bits per heavy atom. The molecule has 0 aromatic heterocycles. The van der Waals surface area contributed by atoms with E-state index in [1.807, 2.05) is 0 Å². The van der Waals surface area contributed by atoms with Gasteiger partial charge in [0.1, 0.15) is 37.4 Å². The normalized spacial score (nSPS) is 15.8. The number of aliphatic hydroxyl groups excluding tert-OH is 2. The van der Waals surface area contributed by atoms with E-state index in [0.29, 0.717) is 5.56 Å². The second-order valence-corrected chi connectivity index (χ2v) is 8.35. The Hall–Kier alpha value is -3.51. The highest BCUT2D eigenvalue weighted by molar-refractivity contribution is 5.83. The number of esters is 5. The Morgan fingerprint density at radius 2 is 1.14 bits per heavy atom. The summed E-state index contributed by atoms with van der Waals surface area (Å²) in [6, 6.07) is 8.73. The van der Waals surface area contributed by atoms with Gasteiger partial charge in [-0.25, -0.2) is 19.2 Å². The first-order chi connectivity index (χ1) is 16.8. The summed E-state index contributed by atoms with van der Waals surface area (Å²) in [4.78, 5) is 60.4. The number of ether oxygens (including phenoxy) is 5. The van der Waals surface area contributed by atoms with Gasteiger partial charge in [-0.3, -0.25) is 4.79 Å². The fraction of sp³-hybridized carbons (Fsp3) is 0.542. The molecule has 200 valence electrons. The van der Waals surface area contributed by atoms with E-state index in [0.717, 1.165) is 13.8 Å². The second-order valence-electron chi connectivity index (χ2n) is 8.35. The second kappa shape index (κ2) is 14.1. The van der Waals surface area contributed by atoms with Crippen molar-refractivity contribution in [3.05, 3.63) is 35.9 Å². The van der Waals surface area contributed by atoms with Crippen molar-refractivity contribution in [3.8, 4) is 0 Å². The first-order valence-corrected chi connectivity index (χ1v) is 11.1. The van der Waals surface area contributed by atoms with Crippen LogP contribution >= 0.6 is 0 Å². The molecule has 0 aliphatic heterocycles. The molecule has 4 atom stereocenters. The summed E-state index contributed by atoms with van der Waals surface area (Å²) >= 11 is 0. The SMILES string of the molecule is CC(O)C(=O)OC(C)C(=O)OCC(C)(COC(=O)C(C)OC(=O)C(C)O)C(=O)OCc1ccccc1. The number of carbonyl (C=O) groups is 5. The lowest BCUT2D eigenvalue weighted by molar-refractivity contribution is -0.183. The average molecular weight is 513 g/mol. The van der Waals surface area contributed by atoms with E-state index < -0.39 is 72.9 Å². The highest BCUT2D eigenvalue weighted by Crippen LogP contribution is 2.22. The van der Waals surface area contributed by atoms with Crippen molar-refractivity contribution in [1.29, 1.82) is 0 Å². The first kappa shape index (κ1) is 30.5. The van der Waals surface area contributed by atoms with Crippen molar-refractivity contribution in [2.75, 3.05) is 13.2 Å². The highest BCUT2D eigenvalue weighted by atomic mass is 16.6. The maximum atomic E-state index is 12.9. The fourth-order valence-electron chi connectivity index (χ4n) is 2.39. The summed E-state index contributed by atoms with van der Waals surface area (Å²) in [6.07, 6.45) is -5.69. The summed E-state index contributed by atoms with van der Waals surface area (Å²) < 4.78 is 25.0. The standard InChI is InChI=1S/C24H32O12/c1-14(25)19(27)35-16(3)21(29)33-12-24(5,23(31)32-11-18-9-7-6-8-10-18)13-34-22(30)17(4)36-20(28)15(2)26/h6-10,14-17,25-26H,11-13H2,1-5H3. The number of carbonyl (C=O) groups excluding carboxylic acids is 5. The molecular formula is C24H32O12. The first-order valence-electron chi connectivity index (χ1n) is 11.1. The number of benzene rings is 1. The summed E-state index contributed by atoms with van der Waals surface area (Å²) in [7, 11) is 0. The number of aliphatic hydroxyl groups is 2. The van der Waals surface area contributed by atoms with Crippen molar-refractivity contribution < 1.29 is 57.9 Å². The summed E-state index contributed by atoms with van der Waals surface area (Å²) in [5.41, 5.74) is -1.01. The number of hydrogen-bond donors (Lipinski definition) is 2. The van der Waals surface area contributed by atoms with Gasteiger partial charge in [0, 0.05) is 0 Å². The monoisotopic (exact) mass is 512 g/mol. The minimum Gasteiger partial charge on any atom is -0.462 e. The van der Waals surface area contributed by atoms with Crippen LogP contribution in [0.4, 0.5) is 0 Å². The van der Waals surface area contributed by atoms with Gasteiger partial charge in [-0.1, -0.05) is 30.3 Å². The molecule has 1 aromatic carbocycles. The molecule has 4 unspecified atom stereocenters. The van der Waals surface area contributed by atoms with Crippen LogP contribution in [0.5, 0.6) is 0 Å². The zero-order valence-corrected chi connectivity index (χ0v) is 20.8. The molecule has 2 N–H and O–H groups in total.